The molecule has 0 bridgehead atoms. The van der Waals surface area contributed by atoms with Crippen LogP contribution in [0.3, 0.4) is 0 Å². The van der Waals surface area contributed by atoms with Crippen LogP contribution in [0.5, 0.6) is 0 Å². The molecule has 6 nitrogen and oxygen atoms in total. The molecule has 2 fully saturated rings. The average molecular weight is 300 g/mol. The first-order valence-corrected chi connectivity index (χ1v) is 8.05. The minimum Gasteiger partial charge on any atom is -0.388 e. The summed E-state index contributed by atoms with van der Waals surface area (Å²) in [5, 5.41) is 13.3. The van der Waals surface area contributed by atoms with E-state index >= 15 is 0 Å². The van der Waals surface area contributed by atoms with Gasteiger partial charge >= 0.3 is 0 Å². The summed E-state index contributed by atoms with van der Waals surface area (Å²) in [5.41, 5.74) is 0. The Hall–Kier alpha value is -0.690. The first kappa shape index (κ1) is 16.7. The van der Waals surface area contributed by atoms with E-state index in [0.717, 1.165) is 39.1 Å². The van der Waals surface area contributed by atoms with Crippen molar-refractivity contribution in [3.63, 3.8) is 0 Å². The third-order valence-corrected chi connectivity index (χ3v) is 4.51. The number of morpholine rings is 1. The lowest BCUT2D eigenvalue weighted by molar-refractivity contribution is -0.126. The van der Waals surface area contributed by atoms with E-state index in [2.05, 4.69) is 10.2 Å². The van der Waals surface area contributed by atoms with Crippen LogP contribution in [-0.2, 0) is 14.3 Å². The molecule has 2 heterocycles. The molecule has 6 heteroatoms. The van der Waals surface area contributed by atoms with E-state index in [1.165, 1.54) is 0 Å². The first-order valence-electron chi connectivity index (χ1n) is 8.05. The van der Waals surface area contributed by atoms with Gasteiger partial charge in [-0.25, -0.2) is 0 Å². The van der Waals surface area contributed by atoms with Gasteiger partial charge in [0.15, 0.2) is 0 Å². The molecule has 0 aliphatic carbocycles. The molecule has 2 N–H and O–H groups in total. The van der Waals surface area contributed by atoms with Crippen molar-refractivity contribution in [1.29, 1.82) is 0 Å². The van der Waals surface area contributed by atoms with Crippen LogP contribution in [0.1, 0.15) is 26.7 Å². The van der Waals surface area contributed by atoms with Crippen molar-refractivity contribution in [3.8, 4) is 0 Å². The molecule has 2 aliphatic heterocycles. The fourth-order valence-electron chi connectivity index (χ4n) is 2.97. The lowest BCUT2D eigenvalue weighted by Gasteiger charge is -2.30. The minimum absolute atomic E-state index is 0.0236. The van der Waals surface area contributed by atoms with Crippen LogP contribution in [0, 0.1) is 5.92 Å². The van der Waals surface area contributed by atoms with Gasteiger partial charge in [-0.15, -0.1) is 0 Å². The lowest BCUT2D eigenvalue weighted by Crippen LogP contribution is -2.49. The molecule has 0 aromatic carbocycles. The maximum Gasteiger partial charge on any atom is 0.223 e. The third kappa shape index (κ3) is 4.39. The predicted octanol–water partition coefficient (Wildman–Crippen LogP) is -0.000700. The van der Waals surface area contributed by atoms with Crippen molar-refractivity contribution in [2.24, 2.45) is 5.92 Å². The minimum atomic E-state index is -0.633. The number of nitrogens with zero attached hydrogens (tertiary/aromatic N) is 1. The second-order valence-electron chi connectivity index (χ2n) is 5.90. The highest BCUT2D eigenvalue weighted by Crippen LogP contribution is 2.18. The van der Waals surface area contributed by atoms with Crippen LogP contribution in [0.15, 0.2) is 0 Å². The van der Waals surface area contributed by atoms with E-state index in [-0.39, 0.29) is 24.0 Å². The number of aliphatic hydroxyl groups excluding tert-OH is 1. The monoisotopic (exact) mass is 300 g/mol. The number of nitrogens with one attached hydrogen (secondary N) is 1. The number of ether oxygens (including phenoxy) is 2. The Balaban J connectivity index is 1.80. The van der Waals surface area contributed by atoms with Crippen molar-refractivity contribution in [2.75, 3.05) is 39.5 Å². The van der Waals surface area contributed by atoms with Gasteiger partial charge in [0.05, 0.1) is 32.0 Å². The summed E-state index contributed by atoms with van der Waals surface area (Å²) in [5.74, 6) is 0.0511. The average Bonchev–Trinajstić information content (AvgIpc) is 2.83. The topological polar surface area (TPSA) is 71.0 Å². The van der Waals surface area contributed by atoms with Crippen molar-refractivity contribution in [2.45, 2.75) is 44.9 Å². The molecule has 1 amide bonds. The Labute approximate surface area is 126 Å². The zero-order valence-electron chi connectivity index (χ0n) is 13.1. The lowest BCUT2D eigenvalue weighted by atomic mass is 10.0. The van der Waals surface area contributed by atoms with Gasteiger partial charge in [-0.3, -0.25) is 9.69 Å². The maximum atomic E-state index is 12.1. The van der Waals surface area contributed by atoms with E-state index in [1.807, 2.05) is 13.8 Å². The zero-order valence-corrected chi connectivity index (χ0v) is 13.1. The molecular weight excluding hydrogens is 272 g/mol. The van der Waals surface area contributed by atoms with Gasteiger partial charge in [-0.1, -0.05) is 13.8 Å². The molecule has 122 valence electrons. The number of amides is 1. The summed E-state index contributed by atoms with van der Waals surface area (Å²) in [7, 11) is 0. The number of carbonyl (C=O) groups excluding carboxylic acids is 1. The molecule has 3 unspecified atom stereocenters. The van der Waals surface area contributed by atoms with Crippen LogP contribution < -0.4 is 5.32 Å². The van der Waals surface area contributed by atoms with Crippen LogP contribution in [0.4, 0.5) is 0 Å². The Morgan fingerprint density at radius 2 is 2.00 bits per heavy atom. The molecule has 2 rings (SSSR count). The van der Waals surface area contributed by atoms with E-state index < -0.39 is 6.10 Å². The predicted molar refractivity (Wildman–Crippen MR) is 79.0 cm³/mol. The van der Waals surface area contributed by atoms with Gasteiger partial charge < -0.3 is 19.9 Å². The highest BCUT2D eigenvalue weighted by Gasteiger charge is 2.38. The maximum absolute atomic E-state index is 12.1. The second-order valence-corrected chi connectivity index (χ2v) is 5.90. The highest BCUT2D eigenvalue weighted by atomic mass is 16.5. The van der Waals surface area contributed by atoms with E-state index in [9.17, 15) is 9.90 Å². The number of hydrogen-bond acceptors (Lipinski definition) is 5. The summed E-state index contributed by atoms with van der Waals surface area (Å²) in [4.78, 5) is 14.3. The van der Waals surface area contributed by atoms with Crippen LogP contribution >= 0.6 is 0 Å². The van der Waals surface area contributed by atoms with Crippen molar-refractivity contribution < 1.29 is 19.4 Å². The zero-order chi connectivity index (χ0) is 15.2. The standard InChI is InChI=1S/C15H28N2O4/c1-3-11(4-2)15(19)16-12-10-21-13(14(12)18)9-17-5-7-20-8-6-17/h11-14,18H,3-10H2,1-2H3,(H,16,19). The van der Waals surface area contributed by atoms with Gasteiger partial charge in [0.25, 0.3) is 0 Å². The van der Waals surface area contributed by atoms with Crippen molar-refractivity contribution >= 4 is 5.91 Å². The second kappa shape index (κ2) is 8.08. The summed E-state index contributed by atoms with van der Waals surface area (Å²) in [6.45, 7) is 8.32. The van der Waals surface area contributed by atoms with Gasteiger partial charge in [0.2, 0.25) is 5.91 Å². The van der Waals surface area contributed by atoms with E-state index in [0.29, 0.717) is 13.2 Å². The summed E-state index contributed by atoms with van der Waals surface area (Å²) >= 11 is 0. The third-order valence-electron chi connectivity index (χ3n) is 4.51. The quantitative estimate of drug-likeness (QED) is 0.722. The van der Waals surface area contributed by atoms with Crippen molar-refractivity contribution in [3.05, 3.63) is 0 Å². The molecule has 21 heavy (non-hydrogen) atoms. The molecular formula is C15H28N2O4. The smallest absolute Gasteiger partial charge is 0.223 e. The van der Waals surface area contributed by atoms with Gasteiger partial charge in [0, 0.05) is 25.6 Å². The van der Waals surface area contributed by atoms with Crippen LogP contribution in [0.25, 0.3) is 0 Å². The SMILES string of the molecule is CCC(CC)C(=O)NC1COC(CN2CCOCC2)C1O. The first-order chi connectivity index (χ1) is 10.2. The normalized spacial score (nSPS) is 30.8. The Kier molecular flexibility index (Phi) is 6.41. The molecule has 0 radical (unpaired) electrons. The van der Waals surface area contributed by atoms with Gasteiger partial charge in [0.1, 0.15) is 6.10 Å². The molecule has 0 aromatic rings. The summed E-state index contributed by atoms with van der Waals surface area (Å²) < 4.78 is 11.0. The Morgan fingerprint density at radius 3 is 2.62 bits per heavy atom. The Morgan fingerprint density at radius 1 is 1.33 bits per heavy atom. The largest absolute Gasteiger partial charge is 0.388 e. The fraction of sp³-hybridized carbons (Fsp3) is 0.933. The van der Waals surface area contributed by atoms with Gasteiger partial charge in [-0.2, -0.15) is 0 Å². The number of rotatable bonds is 6. The molecule has 2 aliphatic rings. The molecule has 0 spiro atoms. The molecule has 0 aromatic heterocycles. The van der Waals surface area contributed by atoms with Crippen LogP contribution in [-0.4, -0.2) is 73.6 Å². The van der Waals surface area contributed by atoms with Crippen molar-refractivity contribution in [1.82, 2.24) is 10.2 Å². The fourth-order valence-corrected chi connectivity index (χ4v) is 2.97. The van der Waals surface area contributed by atoms with E-state index in [4.69, 9.17) is 9.47 Å². The summed E-state index contributed by atoms with van der Waals surface area (Å²) in [6.07, 6.45) is 0.785. The number of aliphatic hydroxyl groups is 1. The highest BCUT2D eigenvalue weighted by molar-refractivity contribution is 5.78. The molecule has 0 saturated carbocycles. The molecule has 2 saturated heterocycles. The molecule has 3 atom stereocenters. The van der Waals surface area contributed by atoms with Crippen LogP contribution in [0.2, 0.25) is 0 Å². The van der Waals surface area contributed by atoms with E-state index in [1.54, 1.807) is 0 Å². The van der Waals surface area contributed by atoms with Gasteiger partial charge in [-0.05, 0) is 12.8 Å². The number of carbonyl (C=O) groups is 1. The number of hydrogen-bond donors (Lipinski definition) is 2. The Bertz CT molecular complexity index is 330. The summed E-state index contributed by atoms with van der Waals surface area (Å²) in [6, 6.07) is -0.288.